The number of thioether (sulfide) groups is 2. The van der Waals surface area contributed by atoms with Crippen molar-refractivity contribution >= 4 is 64.1 Å². The molecule has 5 nitrogen and oxygen atoms in total. The summed E-state index contributed by atoms with van der Waals surface area (Å²) in [7, 11) is 0. The number of halogens is 3. The van der Waals surface area contributed by atoms with Crippen molar-refractivity contribution in [1.82, 2.24) is 5.43 Å². The van der Waals surface area contributed by atoms with Gasteiger partial charge in [0.1, 0.15) is 0 Å². The number of amides is 1. The van der Waals surface area contributed by atoms with Gasteiger partial charge >= 0.3 is 0 Å². The van der Waals surface area contributed by atoms with Crippen LogP contribution in [0.1, 0.15) is 12.5 Å². The van der Waals surface area contributed by atoms with Crippen LogP contribution in [0.25, 0.3) is 0 Å². The fourth-order valence-corrected chi connectivity index (χ4v) is 3.57. The average Bonchev–Trinajstić information content (AvgIpc) is 2.64. The van der Waals surface area contributed by atoms with E-state index in [9.17, 15) is 13.6 Å². The Labute approximate surface area is 175 Å². The molecule has 2 aromatic rings. The molecule has 148 valence electrons. The molecule has 1 aliphatic heterocycles. The van der Waals surface area contributed by atoms with Crippen LogP contribution in [0.15, 0.2) is 63.5 Å². The lowest BCUT2D eigenvalue weighted by Gasteiger charge is -2.15. The molecule has 0 radical (unpaired) electrons. The SMILES string of the molecule is CC(=O)Nc1ccc(C2=NNC(=Nc3ccc(SC(F)F)cc3)SC2)cc1.Cl. The smallest absolute Gasteiger partial charge is 0.288 e. The molecule has 28 heavy (non-hydrogen) atoms. The molecular formula is C18H17ClF2N4OS2. The molecule has 1 heterocycles. The van der Waals surface area contributed by atoms with E-state index in [1.54, 1.807) is 24.3 Å². The first kappa shape index (κ1) is 22.2. The minimum absolute atomic E-state index is 0. The quantitative estimate of drug-likeness (QED) is 0.631. The Morgan fingerprint density at radius 3 is 2.43 bits per heavy atom. The van der Waals surface area contributed by atoms with Gasteiger partial charge in [0.05, 0.1) is 11.4 Å². The Kier molecular flexibility index (Phi) is 8.28. The number of hydrogen-bond acceptors (Lipinski definition) is 5. The highest BCUT2D eigenvalue weighted by molar-refractivity contribution is 8.14. The van der Waals surface area contributed by atoms with Crippen LogP contribution in [0.2, 0.25) is 0 Å². The van der Waals surface area contributed by atoms with Crippen LogP contribution in [0, 0.1) is 0 Å². The summed E-state index contributed by atoms with van der Waals surface area (Å²) in [5.74, 6) is -1.90. The molecule has 0 fully saturated rings. The van der Waals surface area contributed by atoms with Crippen molar-refractivity contribution in [3.05, 3.63) is 54.1 Å². The van der Waals surface area contributed by atoms with Gasteiger partial charge in [0.15, 0.2) is 5.17 Å². The highest BCUT2D eigenvalue weighted by Crippen LogP contribution is 2.27. The maximum Gasteiger partial charge on any atom is 0.288 e. The van der Waals surface area contributed by atoms with E-state index in [2.05, 4.69) is 20.8 Å². The molecule has 1 aliphatic rings. The summed E-state index contributed by atoms with van der Waals surface area (Å²) < 4.78 is 24.7. The van der Waals surface area contributed by atoms with Crippen molar-refractivity contribution in [2.24, 2.45) is 10.1 Å². The Bertz CT molecular complexity index is 874. The Morgan fingerprint density at radius 1 is 1.21 bits per heavy atom. The number of anilines is 1. The lowest BCUT2D eigenvalue weighted by Crippen LogP contribution is -2.25. The molecule has 2 aromatic carbocycles. The van der Waals surface area contributed by atoms with Crippen LogP contribution < -0.4 is 10.7 Å². The standard InChI is InChI=1S/C18H16F2N4OS2.ClH/c1-11(25)21-13-4-2-12(3-5-13)16-10-26-18(24-23-16)22-14-6-8-15(9-7-14)27-17(19)20;/h2-9,17H,10H2,1H3,(H,21,25)(H,22,24);1H. The maximum absolute atomic E-state index is 12.3. The molecule has 0 bridgehead atoms. The van der Waals surface area contributed by atoms with Crippen molar-refractivity contribution < 1.29 is 13.6 Å². The van der Waals surface area contributed by atoms with E-state index in [1.807, 2.05) is 24.3 Å². The molecule has 3 rings (SSSR count). The number of nitrogens with one attached hydrogen (secondary N) is 2. The maximum atomic E-state index is 12.3. The molecule has 10 heteroatoms. The van der Waals surface area contributed by atoms with Gasteiger partial charge in [-0.2, -0.15) is 13.9 Å². The molecule has 0 unspecified atom stereocenters. The zero-order chi connectivity index (χ0) is 19.2. The van der Waals surface area contributed by atoms with Gasteiger partial charge in [-0.05, 0) is 42.0 Å². The lowest BCUT2D eigenvalue weighted by atomic mass is 10.1. The number of hydrazone groups is 1. The number of aliphatic imine (C=N–C) groups is 1. The number of carbonyl (C=O) groups excluding carboxylic acids is 1. The first-order valence-corrected chi connectivity index (χ1v) is 9.83. The third kappa shape index (κ3) is 6.50. The average molecular weight is 443 g/mol. The number of benzene rings is 2. The van der Waals surface area contributed by atoms with Gasteiger partial charge in [-0.3, -0.25) is 10.2 Å². The van der Waals surface area contributed by atoms with E-state index in [-0.39, 0.29) is 18.3 Å². The molecule has 1 amide bonds. The monoisotopic (exact) mass is 442 g/mol. The van der Waals surface area contributed by atoms with Gasteiger partial charge in [0.25, 0.3) is 5.76 Å². The van der Waals surface area contributed by atoms with Gasteiger partial charge < -0.3 is 5.32 Å². The highest BCUT2D eigenvalue weighted by atomic mass is 35.5. The number of carbonyl (C=O) groups is 1. The third-order valence-electron chi connectivity index (χ3n) is 3.46. The summed E-state index contributed by atoms with van der Waals surface area (Å²) in [5, 5.41) is 7.71. The van der Waals surface area contributed by atoms with Gasteiger partial charge in [-0.15, -0.1) is 12.4 Å². The highest BCUT2D eigenvalue weighted by Gasteiger charge is 2.13. The second-order valence-corrected chi connectivity index (χ2v) is 7.53. The summed E-state index contributed by atoms with van der Waals surface area (Å²) >= 11 is 2.01. The van der Waals surface area contributed by atoms with Gasteiger partial charge in [0, 0.05) is 23.3 Å². The summed E-state index contributed by atoms with van der Waals surface area (Å²) in [6.07, 6.45) is 0. The minimum atomic E-state index is -2.43. The number of hydrogen-bond donors (Lipinski definition) is 2. The molecule has 0 saturated heterocycles. The zero-order valence-corrected chi connectivity index (χ0v) is 17.1. The molecule has 0 atom stereocenters. The first-order valence-electron chi connectivity index (χ1n) is 7.96. The minimum Gasteiger partial charge on any atom is -0.326 e. The van der Waals surface area contributed by atoms with Crippen molar-refractivity contribution in [1.29, 1.82) is 0 Å². The normalized spacial score (nSPS) is 14.9. The molecule has 0 saturated carbocycles. The summed E-state index contributed by atoms with van der Waals surface area (Å²) in [6, 6.07) is 14.1. The number of alkyl halides is 2. The van der Waals surface area contributed by atoms with E-state index < -0.39 is 5.76 Å². The predicted octanol–water partition coefficient (Wildman–Crippen LogP) is 5.11. The number of nitrogens with zero attached hydrogens (tertiary/aromatic N) is 2. The van der Waals surface area contributed by atoms with Crippen LogP contribution in [0.3, 0.4) is 0 Å². The molecule has 0 aliphatic carbocycles. The second-order valence-electron chi connectivity index (χ2n) is 5.51. The van der Waals surface area contributed by atoms with Crippen LogP contribution in [0.4, 0.5) is 20.2 Å². The van der Waals surface area contributed by atoms with Crippen LogP contribution >= 0.6 is 35.9 Å². The third-order valence-corrected chi connectivity index (χ3v) is 5.06. The topological polar surface area (TPSA) is 65.8 Å². The van der Waals surface area contributed by atoms with Crippen LogP contribution in [0.5, 0.6) is 0 Å². The van der Waals surface area contributed by atoms with Crippen LogP contribution in [-0.2, 0) is 4.79 Å². The molecular weight excluding hydrogens is 426 g/mol. The predicted molar refractivity (Wildman–Crippen MR) is 116 cm³/mol. The number of amidine groups is 1. The van der Waals surface area contributed by atoms with E-state index >= 15 is 0 Å². The van der Waals surface area contributed by atoms with Crippen molar-refractivity contribution in [3.63, 3.8) is 0 Å². The Balaban J connectivity index is 0.00000280. The molecule has 2 N–H and O–H groups in total. The van der Waals surface area contributed by atoms with E-state index in [0.29, 0.717) is 33.3 Å². The van der Waals surface area contributed by atoms with E-state index in [0.717, 1.165) is 17.0 Å². The fourth-order valence-electron chi connectivity index (χ4n) is 2.29. The van der Waals surface area contributed by atoms with Crippen molar-refractivity contribution in [3.8, 4) is 0 Å². The zero-order valence-electron chi connectivity index (χ0n) is 14.7. The fraction of sp³-hybridized carbons (Fsp3) is 0.167. The van der Waals surface area contributed by atoms with Crippen LogP contribution in [-0.4, -0.2) is 28.3 Å². The number of rotatable bonds is 5. The first-order chi connectivity index (χ1) is 13.0. The van der Waals surface area contributed by atoms with Crippen molar-refractivity contribution in [2.45, 2.75) is 17.6 Å². The summed E-state index contributed by atoms with van der Waals surface area (Å²) in [4.78, 5) is 16.0. The molecule has 0 aromatic heterocycles. The second kappa shape index (κ2) is 10.4. The Hall–Kier alpha value is -2.10. The van der Waals surface area contributed by atoms with E-state index in [1.165, 1.54) is 18.7 Å². The largest absolute Gasteiger partial charge is 0.326 e. The van der Waals surface area contributed by atoms with Gasteiger partial charge in [-0.1, -0.05) is 35.7 Å². The van der Waals surface area contributed by atoms with Gasteiger partial charge in [-0.25, -0.2) is 4.99 Å². The summed E-state index contributed by atoms with van der Waals surface area (Å²) in [6.45, 7) is 1.46. The molecule has 0 spiro atoms. The lowest BCUT2D eigenvalue weighted by molar-refractivity contribution is -0.114. The van der Waals surface area contributed by atoms with Gasteiger partial charge in [0.2, 0.25) is 5.91 Å². The van der Waals surface area contributed by atoms with E-state index in [4.69, 9.17) is 0 Å². The van der Waals surface area contributed by atoms with Crippen molar-refractivity contribution in [2.75, 3.05) is 11.1 Å². The Morgan fingerprint density at radius 2 is 1.89 bits per heavy atom. The summed E-state index contributed by atoms with van der Waals surface area (Å²) in [5.41, 5.74) is 6.15.